The van der Waals surface area contributed by atoms with E-state index in [2.05, 4.69) is 0 Å². The molecule has 0 aliphatic heterocycles. The zero-order valence-electron chi connectivity index (χ0n) is 16.6. The van der Waals surface area contributed by atoms with Crippen molar-refractivity contribution in [1.82, 2.24) is 0 Å². The summed E-state index contributed by atoms with van der Waals surface area (Å²) in [4.78, 5) is 36.3. The number of aryl methyl sites for hydroxylation is 1. The lowest BCUT2D eigenvalue weighted by Crippen LogP contribution is -2.33. The fraction of sp³-hybridized carbons (Fsp3) is 0.130. The van der Waals surface area contributed by atoms with Crippen LogP contribution < -0.4 is 0 Å². The monoisotopic (exact) mass is 437 g/mol. The van der Waals surface area contributed by atoms with E-state index in [0.717, 1.165) is 11.6 Å². The minimum Gasteiger partial charge on any atom is -0.294 e. The number of Topliss-reactive ketones (excluding diaryl/α,β-unsaturated/α-hetero) is 2. The molecule has 3 aromatic carbocycles. The van der Waals surface area contributed by atoms with E-state index in [0.29, 0.717) is 0 Å². The molecule has 0 heterocycles. The maximum atomic E-state index is 13.3. The molecule has 3 rings (SSSR count). The summed E-state index contributed by atoms with van der Waals surface area (Å²) in [5, 5.41) is 9.36. The van der Waals surface area contributed by atoms with Crippen LogP contribution in [0.15, 0.2) is 83.8 Å². The number of hydrogen-bond donors (Lipinski definition) is 0. The Morgan fingerprint density at radius 2 is 1.52 bits per heavy atom. The highest BCUT2D eigenvalue weighted by atomic mass is 32.2. The Morgan fingerprint density at radius 1 is 0.903 bits per heavy atom. The number of rotatable bonds is 8. The second kappa shape index (κ2) is 9.01. The van der Waals surface area contributed by atoms with Crippen LogP contribution in [0, 0.1) is 17.0 Å². The third kappa shape index (κ3) is 4.92. The number of nitro benzene ring substituents is 1. The molecule has 0 aromatic heterocycles. The van der Waals surface area contributed by atoms with Gasteiger partial charge in [-0.15, -0.1) is 0 Å². The van der Waals surface area contributed by atoms with Crippen molar-refractivity contribution in [3.63, 3.8) is 0 Å². The standard InChI is InChI=1S/C23H19NO6S/c1-16-10-12-20(13-11-16)31(29,30)22(15-21(25)17-6-3-2-4-7-17)23(26)18-8-5-9-19(14-18)24(27)28/h2-14,22H,15H2,1H3/t22-/m0/s1. The van der Waals surface area contributed by atoms with E-state index in [1.54, 1.807) is 37.3 Å². The number of non-ortho nitro benzene ring substituents is 1. The Labute approximate surface area is 179 Å². The molecule has 31 heavy (non-hydrogen) atoms. The molecule has 158 valence electrons. The number of nitrogens with zero attached hydrogens (tertiary/aromatic N) is 1. The summed E-state index contributed by atoms with van der Waals surface area (Å²) in [5.41, 5.74) is 0.627. The zero-order chi connectivity index (χ0) is 22.6. The van der Waals surface area contributed by atoms with E-state index in [1.165, 1.54) is 42.5 Å². The summed E-state index contributed by atoms with van der Waals surface area (Å²) < 4.78 is 26.7. The average molecular weight is 437 g/mol. The van der Waals surface area contributed by atoms with Gasteiger partial charge in [-0.2, -0.15) is 0 Å². The smallest absolute Gasteiger partial charge is 0.270 e. The van der Waals surface area contributed by atoms with Crippen LogP contribution >= 0.6 is 0 Å². The highest BCUT2D eigenvalue weighted by molar-refractivity contribution is 7.92. The van der Waals surface area contributed by atoms with Crippen molar-refractivity contribution in [3.8, 4) is 0 Å². The summed E-state index contributed by atoms with van der Waals surface area (Å²) >= 11 is 0. The molecule has 0 aliphatic carbocycles. The van der Waals surface area contributed by atoms with Crippen LogP contribution in [-0.4, -0.2) is 30.2 Å². The zero-order valence-corrected chi connectivity index (χ0v) is 17.4. The normalized spacial score (nSPS) is 12.2. The maximum Gasteiger partial charge on any atom is 0.270 e. The fourth-order valence-corrected chi connectivity index (χ4v) is 4.74. The lowest BCUT2D eigenvalue weighted by Gasteiger charge is -2.17. The van der Waals surface area contributed by atoms with Gasteiger partial charge in [0, 0.05) is 29.7 Å². The molecule has 7 nitrogen and oxygen atoms in total. The van der Waals surface area contributed by atoms with Gasteiger partial charge in [-0.25, -0.2) is 8.42 Å². The Bertz CT molecular complexity index is 1230. The molecule has 1 atom stereocenters. The third-order valence-corrected chi connectivity index (χ3v) is 6.88. The summed E-state index contributed by atoms with van der Waals surface area (Å²) in [6.07, 6.45) is -0.582. The topological polar surface area (TPSA) is 111 Å². The molecule has 8 heteroatoms. The summed E-state index contributed by atoms with van der Waals surface area (Å²) in [5.74, 6) is -1.38. The number of sulfone groups is 1. The molecule has 0 amide bonds. The average Bonchev–Trinajstić information content (AvgIpc) is 2.77. The fourth-order valence-electron chi connectivity index (χ4n) is 3.10. The molecule has 0 fully saturated rings. The van der Waals surface area contributed by atoms with Crippen molar-refractivity contribution in [3.05, 3.63) is 106 Å². The van der Waals surface area contributed by atoms with Gasteiger partial charge in [0.2, 0.25) is 0 Å². The van der Waals surface area contributed by atoms with Gasteiger partial charge in [0.05, 0.1) is 9.82 Å². The van der Waals surface area contributed by atoms with Gasteiger partial charge < -0.3 is 0 Å². The summed E-state index contributed by atoms with van der Waals surface area (Å²) in [7, 11) is -4.24. The van der Waals surface area contributed by atoms with Crippen molar-refractivity contribution in [2.45, 2.75) is 23.5 Å². The van der Waals surface area contributed by atoms with Crippen molar-refractivity contribution in [2.75, 3.05) is 0 Å². The van der Waals surface area contributed by atoms with Gasteiger partial charge in [-0.3, -0.25) is 19.7 Å². The van der Waals surface area contributed by atoms with Gasteiger partial charge in [0.1, 0.15) is 5.25 Å². The molecule has 0 saturated carbocycles. The summed E-state index contributed by atoms with van der Waals surface area (Å²) in [6.45, 7) is 1.79. The number of carbonyl (C=O) groups excluding carboxylic acids is 2. The van der Waals surface area contributed by atoms with E-state index in [-0.39, 0.29) is 21.7 Å². The van der Waals surface area contributed by atoms with Crippen LogP contribution in [0.2, 0.25) is 0 Å². The first-order chi connectivity index (χ1) is 14.7. The molecule has 0 spiro atoms. The van der Waals surface area contributed by atoms with E-state index < -0.39 is 38.0 Å². The van der Waals surface area contributed by atoms with Crippen LogP contribution in [0.25, 0.3) is 0 Å². The highest BCUT2D eigenvalue weighted by Gasteiger charge is 2.37. The van der Waals surface area contributed by atoms with Crippen molar-refractivity contribution in [2.24, 2.45) is 0 Å². The second-order valence-corrected chi connectivity index (χ2v) is 9.14. The molecular formula is C23H19NO6S. The number of hydrogen-bond acceptors (Lipinski definition) is 6. The van der Waals surface area contributed by atoms with Crippen LogP contribution in [0.4, 0.5) is 5.69 Å². The van der Waals surface area contributed by atoms with E-state index in [4.69, 9.17) is 0 Å². The molecule has 0 radical (unpaired) electrons. The largest absolute Gasteiger partial charge is 0.294 e. The predicted octanol–water partition coefficient (Wildman–Crippen LogP) is 4.20. The Kier molecular flexibility index (Phi) is 6.41. The second-order valence-electron chi connectivity index (χ2n) is 7.01. The first kappa shape index (κ1) is 22.0. The predicted molar refractivity (Wildman–Crippen MR) is 115 cm³/mol. The molecule has 0 N–H and O–H groups in total. The molecule has 0 aliphatic rings. The van der Waals surface area contributed by atoms with Crippen LogP contribution in [0.3, 0.4) is 0 Å². The van der Waals surface area contributed by atoms with E-state index in [1.807, 2.05) is 0 Å². The van der Waals surface area contributed by atoms with E-state index >= 15 is 0 Å². The minimum atomic E-state index is -4.24. The molecule has 0 bridgehead atoms. The molecule has 0 saturated heterocycles. The Morgan fingerprint density at radius 3 is 2.13 bits per heavy atom. The molecular weight excluding hydrogens is 418 g/mol. The Hall–Kier alpha value is -3.65. The van der Waals surface area contributed by atoms with Crippen LogP contribution in [-0.2, 0) is 9.84 Å². The van der Waals surface area contributed by atoms with E-state index in [9.17, 15) is 28.1 Å². The van der Waals surface area contributed by atoms with Crippen LogP contribution in [0.1, 0.15) is 32.7 Å². The highest BCUT2D eigenvalue weighted by Crippen LogP contribution is 2.25. The lowest BCUT2D eigenvalue weighted by molar-refractivity contribution is -0.384. The number of nitro groups is 1. The SMILES string of the molecule is Cc1ccc(S(=O)(=O)[C@@H](CC(=O)c2ccccc2)C(=O)c2cccc([N+](=O)[O-])c2)cc1. The minimum absolute atomic E-state index is 0.0947. The molecule has 0 unspecified atom stereocenters. The third-order valence-electron chi connectivity index (χ3n) is 4.82. The number of carbonyl (C=O) groups is 2. The van der Waals surface area contributed by atoms with Crippen molar-refractivity contribution < 1.29 is 22.9 Å². The van der Waals surface area contributed by atoms with Gasteiger partial charge in [-0.05, 0) is 19.1 Å². The number of ketones is 2. The Balaban J connectivity index is 2.06. The number of benzene rings is 3. The molecule has 3 aromatic rings. The van der Waals surface area contributed by atoms with Crippen molar-refractivity contribution in [1.29, 1.82) is 0 Å². The quantitative estimate of drug-likeness (QED) is 0.297. The van der Waals surface area contributed by atoms with Crippen LogP contribution in [0.5, 0.6) is 0 Å². The first-order valence-electron chi connectivity index (χ1n) is 9.37. The summed E-state index contributed by atoms with van der Waals surface area (Å²) in [6, 6.07) is 18.9. The van der Waals surface area contributed by atoms with Gasteiger partial charge in [0.25, 0.3) is 5.69 Å². The lowest BCUT2D eigenvalue weighted by atomic mass is 10.0. The van der Waals surface area contributed by atoms with Gasteiger partial charge >= 0.3 is 0 Å². The van der Waals surface area contributed by atoms with Gasteiger partial charge in [0.15, 0.2) is 21.4 Å². The maximum absolute atomic E-state index is 13.3. The van der Waals surface area contributed by atoms with Gasteiger partial charge in [-0.1, -0.05) is 60.2 Å². The first-order valence-corrected chi connectivity index (χ1v) is 10.9. The van der Waals surface area contributed by atoms with Crippen molar-refractivity contribution >= 4 is 27.1 Å².